The van der Waals surface area contributed by atoms with Gasteiger partial charge in [0, 0.05) is 5.38 Å². The third-order valence-corrected chi connectivity index (χ3v) is 5.71. The minimum Gasteiger partial charge on any atom is -0.469 e. The Morgan fingerprint density at radius 1 is 1.43 bits per heavy atom. The van der Waals surface area contributed by atoms with Crippen molar-refractivity contribution in [2.45, 2.75) is 51.1 Å². The van der Waals surface area contributed by atoms with Crippen LogP contribution < -0.4 is 0 Å². The molecule has 1 aliphatic rings. The number of halogens is 1. The molecule has 0 N–H and O–H groups in total. The first-order valence-corrected chi connectivity index (χ1v) is 8.37. The summed E-state index contributed by atoms with van der Waals surface area (Å²) in [7, 11) is 0.855. The predicted octanol–water partition coefficient (Wildman–Crippen LogP) is 3.18. The molecule has 0 amide bonds. The summed E-state index contributed by atoms with van der Waals surface area (Å²) in [5, 5.41) is 2.68. The summed E-state index contributed by atoms with van der Waals surface area (Å²) in [6.07, 6.45) is 0.174. The van der Waals surface area contributed by atoms with Crippen LogP contribution in [-0.2, 0) is 18.8 Å². The predicted molar refractivity (Wildman–Crippen MR) is 85.3 cm³/mol. The van der Waals surface area contributed by atoms with E-state index in [9.17, 15) is 4.79 Å². The zero-order valence-electron chi connectivity index (χ0n) is 12.8. The first kappa shape index (κ1) is 16.9. The highest BCUT2D eigenvalue weighted by molar-refractivity contribution is 9.10. The van der Waals surface area contributed by atoms with Crippen molar-refractivity contribution in [2.24, 2.45) is 0 Å². The van der Waals surface area contributed by atoms with Gasteiger partial charge in [0.15, 0.2) is 0 Å². The molecule has 5 nitrogen and oxygen atoms in total. The molecule has 21 heavy (non-hydrogen) atoms. The monoisotopic (exact) mass is 375 g/mol. The molecule has 1 aromatic heterocycles. The van der Waals surface area contributed by atoms with Crippen LogP contribution in [0, 0.1) is 0 Å². The lowest BCUT2D eigenvalue weighted by atomic mass is 9.70. The molecule has 0 saturated carbocycles. The van der Waals surface area contributed by atoms with Crippen molar-refractivity contribution < 1.29 is 18.8 Å². The Hall–Kier alpha value is -0.435. The summed E-state index contributed by atoms with van der Waals surface area (Å²) in [6.45, 7) is 7.94. The number of ether oxygens (including phenoxy) is 1. The summed E-state index contributed by atoms with van der Waals surface area (Å²) in [4.78, 5) is 16.1. The van der Waals surface area contributed by atoms with Gasteiger partial charge < -0.3 is 14.0 Å². The Labute approximate surface area is 137 Å². The molecule has 2 heterocycles. The molecule has 0 radical (unpaired) electrons. The zero-order valence-corrected chi connectivity index (χ0v) is 15.2. The Morgan fingerprint density at radius 2 is 2.00 bits per heavy atom. The maximum atomic E-state index is 11.7. The number of nitrogens with zero attached hydrogens (tertiary/aromatic N) is 1. The number of esters is 1. The lowest BCUT2D eigenvalue weighted by molar-refractivity contribution is -0.140. The summed E-state index contributed by atoms with van der Waals surface area (Å²) in [5.41, 5.74) is -0.888. The van der Waals surface area contributed by atoms with Crippen LogP contribution in [0.15, 0.2) is 9.98 Å². The third-order valence-electron chi connectivity index (χ3n) is 4.03. The van der Waals surface area contributed by atoms with Crippen LogP contribution in [0.25, 0.3) is 0 Å². The van der Waals surface area contributed by atoms with Gasteiger partial charge >= 0.3 is 13.1 Å². The van der Waals surface area contributed by atoms with Crippen molar-refractivity contribution in [2.75, 3.05) is 7.11 Å². The van der Waals surface area contributed by atoms with Crippen LogP contribution in [0.5, 0.6) is 0 Å². The fourth-order valence-electron chi connectivity index (χ4n) is 2.05. The maximum absolute atomic E-state index is 11.7. The molecule has 0 aromatic carbocycles. The molecular weight excluding hydrogens is 357 g/mol. The van der Waals surface area contributed by atoms with Gasteiger partial charge in [0.2, 0.25) is 0 Å². The summed E-state index contributed by atoms with van der Waals surface area (Å²) in [5.74, 6) is -0.587. The van der Waals surface area contributed by atoms with Crippen LogP contribution in [-0.4, -0.2) is 36.4 Å². The smallest absolute Gasteiger partial charge is 0.468 e. The van der Waals surface area contributed by atoms with Crippen LogP contribution in [0.3, 0.4) is 0 Å². The first-order valence-electron chi connectivity index (χ1n) is 6.69. The molecular formula is C13H19BBrNO4S. The van der Waals surface area contributed by atoms with Gasteiger partial charge in [0.05, 0.1) is 35.6 Å². The topological polar surface area (TPSA) is 57.7 Å². The molecule has 2 rings (SSSR count). The van der Waals surface area contributed by atoms with E-state index in [2.05, 4.69) is 20.9 Å². The van der Waals surface area contributed by atoms with E-state index in [0.717, 1.165) is 9.61 Å². The molecule has 0 bridgehead atoms. The Morgan fingerprint density at radius 3 is 2.43 bits per heavy atom. The van der Waals surface area contributed by atoms with Gasteiger partial charge in [-0.25, -0.2) is 4.98 Å². The maximum Gasteiger partial charge on any atom is 0.468 e. The largest absolute Gasteiger partial charge is 0.469 e. The molecule has 1 aliphatic heterocycles. The molecule has 1 unspecified atom stereocenters. The fourth-order valence-corrected chi connectivity index (χ4v) is 3.43. The van der Waals surface area contributed by atoms with E-state index < -0.39 is 18.3 Å². The Bertz CT molecular complexity index is 518. The fraction of sp³-hybridized carbons (Fsp3) is 0.692. The number of rotatable bonds is 4. The number of hydrogen-bond donors (Lipinski definition) is 0. The first-order chi connectivity index (χ1) is 9.66. The second-order valence-corrected chi connectivity index (χ2v) is 7.72. The lowest BCUT2D eigenvalue weighted by Gasteiger charge is -2.32. The molecule has 0 spiro atoms. The number of aromatic nitrogens is 1. The second kappa shape index (κ2) is 5.99. The average Bonchev–Trinajstić information content (AvgIpc) is 2.88. The highest BCUT2D eigenvalue weighted by Crippen LogP contribution is 2.42. The minimum absolute atomic E-state index is 0.174. The van der Waals surface area contributed by atoms with Crippen LogP contribution in [0.1, 0.15) is 44.9 Å². The van der Waals surface area contributed by atoms with Crippen LogP contribution in [0.4, 0.5) is 0 Å². The van der Waals surface area contributed by atoms with Crippen LogP contribution >= 0.6 is 27.3 Å². The van der Waals surface area contributed by atoms with Crippen molar-refractivity contribution in [3.63, 3.8) is 0 Å². The van der Waals surface area contributed by atoms with E-state index in [1.54, 1.807) is 0 Å². The normalized spacial score (nSPS) is 21.3. The van der Waals surface area contributed by atoms with E-state index in [1.807, 2.05) is 33.1 Å². The van der Waals surface area contributed by atoms with Gasteiger partial charge in [-0.15, -0.1) is 11.3 Å². The SMILES string of the molecule is COC(=O)CC(B1OC(C)(C)C(C)(C)O1)c1nc(Br)cs1. The third kappa shape index (κ3) is 3.49. The average molecular weight is 376 g/mol. The summed E-state index contributed by atoms with van der Waals surface area (Å²) >= 11 is 4.81. The van der Waals surface area contributed by atoms with E-state index in [0.29, 0.717) is 0 Å². The molecule has 1 atom stereocenters. The summed E-state index contributed by atoms with van der Waals surface area (Å²) < 4.78 is 17.6. The van der Waals surface area contributed by atoms with Gasteiger partial charge in [-0.05, 0) is 43.6 Å². The van der Waals surface area contributed by atoms with Crippen molar-refractivity contribution in [1.82, 2.24) is 4.98 Å². The Kier molecular flexibility index (Phi) is 4.82. The lowest BCUT2D eigenvalue weighted by Crippen LogP contribution is -2.41. The standard InChI is InChI=1S/C13H19BBrNO4S/c1-12(2)13(3,4)20-14(19-12)8(6-10(17)18-5)11-16-9(15)7-21-11/h7-8H,6H2,1-5H3. The number of carbonyl (C=O) groups excluding carboxylic acids is 1. The quantitative estimate of drug-likeness (QED) is 0.597. The van der Waals surface area contributed by atoms with Gasteiger partial charge in [-0.2, -0.15) is 0 Å². The Balaban J connectivity index is 2.27. The number of hydrogen-bond acceptors (Lipinski definition) is 6. The number of thiazole rings is 1. The van der Waals surface area contributed by atoms with Gasteiger partial charge in [-0.1, -0.05) is 0 Å². The molecule has 1 aromatic rings. The van der Waals surface area contributed by atoms with Crippen molar-refractivity contribution in [1.29, 1.82) is 0 Å². The molecule has 116 valence electrons. The highest BCUT2D eigenvalue weighted by Gasteiger charge is 2.55. The van der Waals surface area contributed by atoms with E-state index in [4.69, 9.17) is 14.0 Å². The van der Waals surface area contributed by atoms with Crippen LogP contribution in [0.2, 0.25) is 0 Å². The molecule has 1 fully saturated rings. The highest BCUT2D eigenvalue weighted by atomic mass is 79.9. The van der Waals surface area contributed by atoms with Gasteiger partial charge in [0.1, 0.15) is 4.60 Å². The summed E-state index contributed by atoms with van der Waals surface area (Å²) in [6, 6.07) is 0. The van der Waals surface area contributed by atoms with Gasteiger partial charge in [0.25, 0.3) is 0 Å². The molecule has 8 heteroatoms. The molecule has 0 aliphatic carbocycles. The minimum atomic E-state index is -0.521. The van der Waals surface area contributed by atoms with Crippen molar-refractivity contribution >= 4 is 40.4 Å². The van der Waals surface area contributed by atoms with Crippen molar-refractivity contribution in [3.8, 4) is 0 Å². The van der Waals surface area contributed by atoms with E-state index in [-0.39, 0.29) is 18.2 Å². The second-order valence-electron chi connectivity index (χ2n) is 6.02. The molecule has 1 saturated heterocycles. The zero-order chi connectivity index (χ0) is 15.8. The number of carbonyl (C=O) groups is 1. The van der Waals surface area contributed by atoms with Crippen molar-refractivity contribution in [3.05, 3.63) is 15.0 Å². The number of methoxy groups -OCH3 is 1. The van der Waals surface area contributed by atoms with E-state index in [1.165, 1.54) is 18.4 Å². The van der Waals surface area contributed by atoms with Gasteiger partial charge in [-0.3, -0.25) is 4.79 Å². The van der Waals surface area contributed by atoms with E-state index >= 15 is 0 Å².